The first-order valence-electron chi connectivity index (χ1n) is 7.42. The molecule has 2 nitrogen and oxygen atoms in total. The van der Waals surface area contributed by atoms with Crippen molar-refractivity contribution in [2.75, 3.05) is 6.54 Å². The molecule has 0 aliphatic heterocycles. The molecule has 2 aromatic rings. The van der Waals surface area contributed by atoms with E-state index < -0.39 is 11.7 Å². The number of alkyl halides is 3. The van der Waals surface area contributed by atoms with E-state index in [0.717, 1.165) is 24.1 Å². The van der Waals surface area contributed by atoms with Crippen LogP contribution in [0, 0.1) is 5.92 Å². The molecule has 1 aromatic heterocycles. The lowest BCUT2D eigenvalue weighted by Gasteiger charge is -2.08. The molecule has 1 aromatic carbocycles. The Kier molecular flexibility index (Phi) is 4.43. The van der Waals surface area contributed by atoms with Crippen molar-refractivity contribution in [3.8, 4) is 0 Å². The number of halogens is 3. The average molecular weight is 339 g/mol. The number of thiophene rings is 1. The Morgan fingerprint density at radius 3 is 2.57 bits per heavy atom. The van der Waals surface area contributed by atoms with Crippen LogP contribution in [0.1, 0.15) is 28.3 Å². The lowest BCUT2D eigenvalue weighted by molar-refractivity contribution is -0.137. The van der Waals surface area contributed by atoms with Gasteiger partial charge < -0.3 is 5.32 Å². The Balaban J connectivity index is 1.49. The minimum Gasteiger partial charge on any atom is -0.355 e. The molecule has 1 saturated carbocycles. The molecule has 1 fully saturated rings. The minimum absolute atomic E-state index is 0.00791. The van der Waals surface area contributed by atoms with E-state index in [9.17, 15) is 18.0 Å². The number of hydrogen-bond acceptors (Lipinski definition) is 2. The monoisotopic (exact) mass is 339 g/mol. The third-order valence-electron chi connectivity index (χ3n) is 4.04. The van der Waals surface area contributed by atoms with E-state index in [2.05, 4.69) is 5.32 Å². The first-order valence-corrected chi connectivity index (χ1v) is 8.30. The second kappa shape index (κ2) is 6.35. The van der Waals surface area contributed by atoms with Crippen LogP contribution in [0.15, 0.2) is 41.8 Å². The highest BCUT2D eigenvalue weighted by atomic mass is 32.1. The summed E-state index contributed by atoms with van der Waals surface area (Å²) in [6.45, 7) is 0.593. The number of nitrogens with one attached hydrogen (secondary N) is 1. The summed E-state index contributed by atoms with van der Waals surface area (Å²) >= 11 is 1.66. The largest absolute Gasteiger partial charge is 0.416 e. The third-order valence-corrected chi connectivity index (χ3v) is 4.98. The number of hydrogen-bond donors (Lipinski definition) is 1. The lowest BCUT2D eigenvalue weighted by Crippen LogP contribution is -2.27. The standard InChI is InChI=1S/C17H16F3NOS/c18-17(19,20)12-5-3-11(4-6-12)14-10-15(14)16(22)21-8-7-13-2-1-9-23-13/h1-6,9,14-15H,7-8,10H2,(H,21,22)/t14-,15-/m0/s1. The second-order valence-corrected chi connectivity index (χ2v) is 6.72. The van der Waals surface area contributed by atoms with E-state index in [1.54, 1.807) is 11.3 Å². The van der Waals surface area contributed by atoms with Crippen LogP contribution in [-0.2, 0) is 17.4 Å². The van der Waals surface area contributed by atoms with Gasteiger partial charge in [0, 0.05) is 17.3 Å². The number of benzene rings is 1. The average Bonchev–Trinajstić information content (AvgIpc) is 3.15. The van der Waals surface area contributed by atoms with Crippen molar-refractivity contribution in [3.05, 3.63) is 57.8 Å². The second-order valence-electron chi connectivity index (χ2n) is 5.69. The molecule has 3 rings (SSSR count). The maximum absolute atomic E-state index is 12.5. The summed E-state index contributed by atoms with van der Waals surface area (Å²) in [5.41, 5.74) is 0.148. The van der Waals surface area contributed by atoms with Gasteiger partial charge in [-0.25, -0.2) is 0 Å². The normalized spacial score (nSPS) is 20.3. The van der Waals surface area contributed by atoms with Crippen LogP contribution in [0.5, 0.6) is 0 Å². The zero-order chi connectivity index (χ0) is 16.4. The van der Waals surface area contributed by atoms with E-state index in [1.807, 2.05) is 17.5 Å². The van der Waals surface area contributed by atoms with Gasteiger partial charge in [-0.3, -0.25) is 4.79 Å². The molecule has 0 radical (unpaired) electrons. The number of carbonyl (C=O) groups excluding carboxylic acids is 1. The Hall–Kier alpha value is -1.82. The summed E-state index contributed by atoms with van der Waals surface area (Å²) < 4.78 is 37.6. The number of amides is 1. The van der Waals surface area contributed by atoms with Gasteiger partial charge in [-0.05, 0) is 47.9 Å². The fraction of sp³-hybridized carbons (Fsp3) is 0.353. The molecule has 0 unspecified atom stereocenters. The highest BCUT2D eigenvalue weighted by Crippen LogP contribution is 2.47. The molecule has 1 heterocycles. The third kappa shape index (κ3) is 3.93. The van der Waals surface area contributed by atoms with Gasteiger partial charge in [0.15, 0.2) is 0 Å². The first-order chi connectivity index (χ1) is 10.9. The van der Waals surface area contributed by atoms with Crippen molar-refractivity contribution in [3.63, 3.8) is 0 Å². The van der Waals surface area contributed by atoms with Crippen molar-refractivity contribution >= 4 is 17.2 Å². The van der Waals surface area contributed by atoms with Crippen molar-refractivity contribution in [2.24, 2.45) is 5.92 Å². The van der Waals surface area contributed by atoms with Gasteiger partial charge >= 0.3 is 6.18 Å². The quantitative estimate of drug-likeness (QED) is 0.868. The molecule has 0 bridgehead atoms. The molecular formula is C17H16F3NOS. The van der Waals surface area contributed by atoms with Crippen LogP contribution >= 0.6 is 11.3 Å². The summed E-state index contributed by atoms with van der Waals surface area (Å²) in [6.07, 6.45) is -2.81. The van der Waals surface area contributed by atoms with E-state index in [-0.39, 0.29) is 17.7 Å². The van der Waals surface area contributed by atoms with Gasteiger partial charge in [0.05, 0.1) is 5.56 Å². The van der Waals surface area contributed by atoms with Crippen molar-refractivity contribution in [1.82, 2.24) is 5.32 Å². The molecule has 1 amide bonds. The van der Waals surface area contributed by atoms with Gasteiger partial charge in [-0.15, -0.1) is 11.3 Å². The molecule has 1 aliphatic rings. The smallest absolute Gasteiger partial charge is 0.355 e. The Morgan fingerprint density at radius 1 is 1.22 bits per heavy atom. The van der Waals surface area contributed by atoms with E-state index >= 15 is 0 Å². The molecule has 1 N–H and O–H groups in total. The van der Waals surface area contributed by atoms with Crippen molar-refractivity contribution in [2.45, 2.75) is 24.9 Å². The maximum Gasteiger partial charge on any atom is 0.416 e. The van der Waals surface area contributed by atoms with E-state index in [0.29, 0.717) is 13.0 Å². The van der Waals surface area contributed by atoms with Crippen molar-refractivity contribution in [1.29, 1.82) is 0 Å². The SMILES string of the molecule is O=C(NCCc1cccs1)[C@H]1C[C@H]1c1ccc(C(F)(F)F)cc1. The topological polar surface area (TPSA) is 29.1 Å². The van der Waals surface area contributed by atoms with Crippen LogP contribution < -0.4 is 5.32 Å². The molecule has 0 saturated heterocycles. The zero-order valence-corrected chi connectivity index (χ0v) is 13.1. The number of carbonyl (C=O) groups is 1. The zero-order valence-electron chi connectivity index (χ0n) is 12.3. The summed E-state index contributed by atoms with van der Waals surface area (Å²) in [5.74, 6) is -0.0828. The minimum atomic E-state index is -4.32. The summed E-state index contributed by atoms with van der Waals surface area (Å²) in [6, 6.07) is 9.12. The summed E-state index contributed by atoms with van der Waals surface area (Å²) in [7, 11) is 0. The Bertz CT molecular complexity index is 664. The molecule has 23 heavy (non-hydrogen) atoms. The van der Waals surface area contributed by atoms with Gasteiger partial charge in [-0.2, -0.15) is 13.2 Å². The lowest BCUT2D eigenvalue weighted by atomic mass is 10.1. The molecule has 1 aliphatic carbocycles. The van der Waals surface area contributed by atoms with Crippen LogP contribution in [0.25, 0.3) is 0 Å². The molecule has 2 atom stereocenters. The molecule has 0 spiro atoms. The predicted octanol–water partition coefficient (Wildman–Crippen LogP) is 4.23. The van der Waals surface area contributed by atoms with Gasteiger partial charge in [-0.1, -0.05) is 18.2 Å². The first kappa shape index (κ1) is 16.1. The van der Waals surface area contributed by atoms with Crippen LogP contribution in [0.4, 0.5) is 13.2 Å². The van der Waals surface area contributed by atoms with Gasteiger partial charge in [0.2, 0.25) is 5.91 Å². The van der Waals surface area contributed by atoms with Crippen LogP contribution in [-0.4, -0.2) is 12.5 Å². The molecule has 122 valence electrons. The molecule has 6 heteroatoms. The highest BCUT2D eigenvalue weighted by molar-refractivity contribution is 7.09. The fourth-order valence-electron chi connectivity index (χ4n) is 2.67. The predicted molar refractivity (Wildman–Crippen MR) is 83.3 cm³/mol. The van der Waals surface area contributed by atoms with Crippen LogP contribution in [0.2, 0.25) is 0 Å². The fourth-order valence-corrected chi connectivity index (χ4v) is 3.38. The Morgan fingerprint density at radius 2 is 1.96 bits per heavy atom. The highest BCUT2D eigenvalue weighted by Gasteiger charge is 2.44. The number of rotatable bonds is 5. The van der Waals surface area contributed by atoms with E-state index in [1.165, 1.54) is 17.0 Å². The summed E-state index contributed by atoms with van der Waals surface area (Å²) in [4.78, 5) is 13.3. The Labute approximate surface area is 136 Å². The van der Waals surface area contributed by atoms with Crippen LogP contribution in [0.3, 0.4) is 0 Å². The van der Waals surface area contributed by atoms with Gasteiger partial charge in [0.25, 0.3) is 0 Å². The van der Waals surface area contributed by atoms with Gasteiger partial charge in [0.1, 0.15) is 0 Å². The summed E-state index contributed by atoms with van der Waals surface area (Å²) in [5, 5.41) is 4.90. The van der Waals surface area contributed by atoms with Crippen molar-refractivity contribution < 1.29 is 18.0 Å². The maximum atomic E-state index is 12.5. The molecular weight excluding hydrogens is 323 g/mol. The van der Waals surface area contributed by atoms with E-state index in [4.69, 9.17) is 0 Å².